The van der Waals surface area contributed by atoms with Gasteiger partial charge in [0.25, 0.3) is 5.91 Å². The summed E-state index contributed by atoms with van der Waals surface area (Å²) in [6.45, 7) is 2.22. The van der Waals surface area contributed by atoms with Gasteiger partial charge in [-0.05, 0) is 37.0 Å². The lowest BCUT2D eigenvalue weighted by molar-refractivity contribution is 0.0535. The summed E-state index contributed by atoms with van der Waals surface area (Å²) in [6.07, 6.45) is 3.83. The van der Waals surface area contributed by atoms with Gasteiger partial charge in [0.1, 0.15) is 5.69 Å². The van der Waals surface area contributed by atoms with Crippen LogP contribution in [0.4, 0.5) is 0 Å². The Morgan fingerprint density at radius 3 is 2.95 bits per heavy atom. The first-order valence-electron chi connectivity index (χ1n) is 7.30. The fraction of sp³-hybridized carbons (Fsp3) is 0.375. The summed E-state index contributed by atoms with van der Waals surface area (Å²) in [4.78, 5) is 12.3. The van der Waals surface area contributed by atoms with Gasteiger partial charge in [-0.3, -0.25) is 4.79 Å². The molecule has 5 nitrogen and oxygen atoms in total. The number of nitrogens with zero attached hydrogens (tertiary/aromatic N) is 2. The molecule has 0 radical (unpaired) electrons. The summed E-state index contributed by atoms with van der Waals surface area (Å²) < 4.78 is 7.09. The van der Waals surface area contributed by atoms with Crippen molar-refractivity contribution in [2.75, 3.05) is 19.8 Å². The molecule has 0 saturated carbocycles. The number of hydrogen-bond acceptors (Lipinski definition) is 3. The molecule has 110 valence electrons. The Bertz CT molecular complexity index is 589. The lowest BCUT2D eigenvalue weighted by atomic mass is 10.0. The Balaban J connectivity index is 1.66. The fourth-order valence-corrected chi connectivity index (χ4v) is 2.55. The number of amides is 1. The Morgan fingerprint density at radius 1 is 1.33 bits per heavy atom. The highest BCUT2D eigenvalue weighted by atomic mass is 16.5. The third-order valence-corrected chi connectivity index (χ3v) is 3.68. The normalized spacial score (nSPS) is 18.4. The van der Waals surface area contributed by atoms with Crippen LogP contribution in [-0.2, 0) is 4.74 Å². The van der Waals surface area contributed by atoms with Crippen molar-refractivity contribution in [3.63, 3.8) is 0 Å². The Labute approximate surface area is 123 Å². The van der Waals surface area contributed by atoms with E-state index in [1.165, 1.54) is 0 Å². The van der Waals surface area contributed by atoms with Crippen LogP contribution in [0.3, 0.4) is 0 Å². The van der Waals surface area contributed by atoms with Crippen LogP contribution in [0.1, 0.15) is 23.3 Å². The van der Waals surface area contributed by atoms with Gasteiger partial charge in [0.2, 0.25) is 0 Å². The number of nitrogens with one attached hydrogen (secondary N) is 1. The van der Waals surface area contributed by atoms with E-state index in [0.29, 0.717) is 18.2 Å². The van der Waals surface area contributed by atoms with E-state index in [1.54, 1.807) is 16.9 Å². The largest absolute Gasteiger partial charge is 0.381 e. The number of aromatic nitrogens is 2. The van der Waals surface area contributed by atoms with Crippen molar-refractivity contribution in [2.45, 2.75) is 12.8 Å². The van der Waals surface area contributed by atoms with Gasteiger partial charge in [-0.25, -0.2) is 4.68 Å². The summed E-state index contributed by atoms with van der Waals surface area (Å²) in [6, 6.07) is 11.4. The molecule has 1 fully saturated rings. The molecule has 2 aromatic rings. The number of para-hydroxylation sites is 1. The standard InChI is InChI=1S/C16H19N3O2/c20-16(17-11-13-5-4-10-21-12-13)15-8-9-18-19(15)14-6-2-1-3-7-14/h1-3,6-9,13H,4-5,10-12H2,(H,17,20). The van der Waals surface area contributed by atoms with Crippen molar-refractivity contribution in [3.8, 4) is 5.69 Å². The third kappa shape index (κ3) is 3.31. The van der Waals surface area contributed by atoms with Gasteiger partial charge in [0, 0.05) is 13.2 Å². The molecule has 0 spiro atoms. The average Bonchev–Trinajstić information content (AvgIpc) is 3.04. The Kier molecular flexibility index (Phi) is 4.31. The summed E-state index contributed by atoms with van der Waals surface area (Å²) >= 11 is 0. The Hall–Kier alpha value is -2.14. The SMILES string of the molecule is O=C(NCC1CCCOC1)c1ccnn1-c1ccccc1. The second-order valence-electron chi connectivity index (χ2n) is 5.26. The molecule has 1 saturated heterocycles. The summed E-state index contributed by atoms with van der Waals surface area (Å²) in [5.74, 6) is 0.317. The minimum Gasteiger partial charge on any atom is -0.381 e. The van der Waals surface area contributed by atoms with Crippen molar-refractivity contribution in [2.24, 2.45) is 5.92 Å². The lowest BCUT2D eigenvalue weighted by Crippen LogP contribution is -2.34. The van der Waals surface area contributed by atoms with E-state index < -0.39 is 0 Å². The predicted octanol–water partition coefficient (Wildman–Crippen LogP) is 2.03. The van der Waals surface area contributed by atoms with Crippen LogP contribution < -0.4 is 5.32 Å². The first-order valence-corrected chi connectivity index (χ1v) is 7.30. The molecule has 1 aliphatic heterocycles. The van der Waals surface area contributed by atoms with Crippen molar-refractivity contribution < 1.29 is 9.53 Å². The molecule has 1 N–H and O–H groups in total. The zero-order valence-electron chi connectivity index (χ0n) is 11.9. The molecule has 1 amide bonds. The quantitative estimate of drug-likeness (QED) is 0.935. The maximum Gasteiger partial charge on any atom is 0.270 e. The van der Waals surface area contributed by atoms with E-state index in [4.69, 9.17) is 4.74 Å². The molecular formula is C16H19N3O2. The first kappa shape index (κ1) is 13.8. The van der Waals surface area contributed by atoms with Gasteiger partial charge in [0.05, 0.1) is 18.5 Å². The molecule has 21 heavy (non-hydrogen) atoms. The van der Waals surface area contributed by atoms with Gasteiger partial charge in [-0.1, -0.05) is 18.2 Å². The summed E-state index contributed by atoms with van der Waals surface area (Å²) in [5, 5.41) is 7.22. The lowest BCUT2D eigenvalue weighted by Gasteiger charge is -2.22. The highest BCUT2D eigenvalue weighted by molar-refractivity contribution is 5.93. The predicted molar refractivity (Wildman–Crippen MR) is 79.4 cm³/mol. The smallest absolute Gasteiger partial charge is 0.270 e. The fourth-order valence-electron chi connectivity index (χ4n) is 2.55. The van der Waals surface area contributed by atoms with E-state index >= 15 is 0 Å². The molecule has 1 aromatic carbocycles. The van der Waals surface area contributed by atoms with E-state index in [1.807, 2.05) is 30.3 Å². The van der Waals surface area contributed by atoms with Crippen LogP contribution in [0.2, 0.25) is 0 Å². The van der Waals surface area contributed by atoms with Gasteiger partial charge in [-0.15, -0.1) is 0 Å². The number of carbonyl (C=O) groups excluding carboxylic acids is 1. The summed E-state index contributed by atoms with van der Waals surface area (Å²) in [7, 11) is 0. The molecule has 2 heterocycles. The van der Waals surface area contributed by atoms with Crippen molar-refractivity contribution >= 4 is 5.91 Å². The highest BCUT2D eigenvalue weighted by Gasteiger charge is 2.17. The maximum absolute atomic E-state index is 12.3. The van der Waals surface area contributed by atoms with Crippen LogP contribution in [0.25, 0.3) is 5.69 Å². The Morgan fingerprint density at radius 2 is 2.19 bits per heavy atom. The van der Waals surface area contributed by atoms with Crippen molar-refractivity contribution in [1.29, 1.82) is 0 Å². The zero-order chi connectivity index (χ0) is 14.5. The first-order chi connectivity index (χ1) is 10.3. The van der Waals surface area contributed by atoms with Crippen LogP contribution in [0.5, 0.6) is 0 Å². The second kappa shape index (κ2) is 6.54. The van der Waals surface area contributed by atoms with Crippen LogP contribution >= 0.6 is 0 Å². The van der Waals surface area contributed by atoms with Gasteiger partial charge in [-0.2, -0.15) is 5.10 Å². The van der Waals surface area contributed by atoms with E-state index in [2.05, 4.69) is 10.4 Å². The number of rotatable bonds is 4. The van der Waals surface area contributed by atoms with Crippen LogP contribution in [0.15, 0.2) is 42.6 Å². The van der Waals surface area contributed by atoms with E-state index in [9.17, 15) is 4.79 Å². The van der Waals surface area contributed by atoms with Gasteiger partial charge in [0.15, 0.2) is 0 Å². The topological polar surface area (TPSA) is 56.1 Å². The minimum absolute atomic E-state index is 0.0954. The van der Waals surface area contributed by atoms with Gasteiger partial charge >= 0.3 is 0 Å². The number of carbonyl (C=O) groups is 1. The minimum atomic E-state index is -0.0954. The van der Waals surface area contributed by atoms with Gasteiger partial charge < -0.3 is 10.1 Å². The van der Waals surface area contributed by atoms with Crippen LogP contribution in [0, 0.1) is 5.92 Å². The molecule has 1 atom stereocenters. The molecule has 3 rings (SSSR count). The number of hydrogen-bond donors (Lipinski definition) is 1. The molecule has 1 aromatic heterocycles. The maximum atomic E-state index is 12.3. The number of ether oxygens (including phenoxy) is 1. The molecular weight excluding hydrogens is 266 g/mol. The highest BCUT2D eigenvalue weighted by Crippen LogP contribution is 2.13. The molecule has 1 unspecified atom stereocenters. The molecule has 0 aliphatic carbocycles. The monoisotopic (exact) mass is 285 g/mol. The zero-order valence-corrected chi connectivity index (χ0v) is 11.9. The third-order valence-electron chi connectivity index (χ3n) is 3.68. The number of benzene rings is 1. The molecule has 0 bridgehead atoms. The van der Waals surface area contributed by atoms with E-state index in [0.717, 1.165) is 31.7 Å². The average molecular weight is 285 g/mol. The molecule has 1 aliphatic rings. The van der Waals surface area contributed by atoms with Crippen molar-refractivity contribution in [1.82, 2.24) is 15.1 Å². The van der Waals surface area contributed by atoms with Crippen LogP contribution in [-0.4, -0.2) is 35.4 Å². The van der Waals surface area contributed by atoms with Crippen molar-refractivity contribution in [3.05, 3.63) is 48.3 Å². The second-order valence-corrected chi connectivity index (χ2v) is 5.26. The summed E-state index contributed by atoms with van der Waals surface area (Å²) in [5.41, 5.74) is 1.44. The van der Waals surface area contributed by atoms with E-state index in [-0.39, 0.29) is 5.91 Å². The molecule has 5 heteroatoms.